The Morgan fingerprint density at radius 3 is 2.28 bits per heavy atom. The zero-order valence-corrected chi connectivity index (χ0v) is 12.2. The van der Waals surface area contributed by atoms with Crippen molar-refractivity contribution in [2.75, 3.05) is 0 Å². The van der Waals surface area contributed by atoms with Crippen LogP contribution in [0.15, 0.2) is 30.3 Å². The summed E-state index contributed by atoms with van der Waals surface area (Å²) in [6.45, 7) is 9.33. The molecule has 0 bridgehead atoms. The Bertz CT molecular complexity index is 357. The topological polar surface area (TPSA) is 12.0 Å². The predicted octanol–water partition coefficient (Wildman–Crippen LogP) is 4.55. The average Bonchev–Trinajstić information content (AvgIpc) is 2.25. The van der Waals surface area contributed by atoms with Crippen LogP contribution in [0.2, 0.25) is 0 Å². The highest BCUT2D eigenvalue weighted by Crippen LogP contribution is 2.33. The summed E-state index contributed by atoms with van der Waals surface area (Å²) in [5.74, 6) is 0.911. The van der Waals surface area contributed by atoms with E-state index in [2.05, 4.69) is 63.3 Å². The SMILES string of the molecule is CC1CC(NC(CC(C)(C)C)c2ccccc2)C1. The quantitative estimate of drug-likeness (QED) is 0.820. The maximum atomic E-state index is 3.86. The molecule has 1 aromatic carbocycles. The lowest BCUT2D eigenvalue weighted by Gasteiger charge is -2.38. The number of nitrogens with one attached hydrogen (secondary N) is 1. The molecule has 1 unspecified atom stereocenters. The van der Waals surface area contributed by atoms with Gasteiger partial charge in [-0.25, -0.2) is 0 Å². The third kappa shape index (κ3) is 3.84. The van der Waals surface area contributed by atoms with Crippen molar-refractivity contribution in [3.63, 3.8) is 0 Å². The van der Waals surface area contributed by atoms with Crippen LogP contribution in [0.25, 0.3) is 0 Å². The first kappa shape index (κ1) is 13.6. The molecule has 1 nitrogen and oxygen atoms in total. The minimum atomic E-state index is 0.364. The molecule has 0 saturated heterocycles. The Balaban J connectivity index is 2.03. The molecule has 1 N–H and O–H groups in total. The molecule has 1 aliphatic carbocycles. The van der Waals surface area contributed by atoms with Gasteiger partial charge in [0, 0.05) is 12.1 Å². The van der Waals surface area contributed by atoms with E-state index in [0.717, 1.165) is 12.0 Å². The number of hydrogen-bond acceptors (Lipinski definition) is 1. The fraction of sp³-hybridized carbons (Fsp3) is 0.647. The van der Waals surface area contributed by atoms with Gasteiger partial charge in [-0.05, 0) is 36.2 Å². The summed E-state index contributed by atoms with van der Waals surface area (Å²) in [7, 11) is 0. The Hall–Kier alpha value is -0.820. The van der Waals surface area contributed by atoms with Crippen molar-refractivity contribution in [2.45, 2.75) is 59.0 Å². The predicted molar refractivity (Wildman–Crippen MR) is 78.6 cm³/mol. The molecule has 0 spiro atoms. The molecule has 1 saturated carbocycles. The maximum Gasteiger partial charge on any atom is 0.0327 e. The molecule has 1 aliphatic rings. The van der Waals surface area contributed by atoms with Gasteiger partial charge in [-0.15, -0.1) is 0 Å². The van der Waals surface area contributed by atoms with Gasteiger partial charge in [0.1, 0.15) is 0 Å². The van der Waals surface area contributed by atoms with Crippen molar-refractivity contribution in [2.24, 2.45) is 11.3 Å². The second-order valence-corrected chi connectivity index (χ2v) is 7.17. The van der Waals surface area contributed by atoms with Gasteiger partial charge in [-0.3, -0.25) is 0 Å². The van der Waals surface area contributed by atoms with Gasteiger partial charge >= 0.3 is 0 Å². The normalized spacial score (nSPS) is 25.6. The minimum absolute atomic E-state index is 0.364. The molecule has 0 amide bonds. The highest BCUT2D eigenvalue weighted by molar-refractivity contribution is 5.19. The van der Waals surface area contributed by atoms with E-state index in [1.165, 1.54) is 24.8 Å². The molecular formula is C17H27N. The van der Waals surface area contributed by atoms with Crippen LogP contribution in [0.3, 0.4) is 0 Å². The molecule has 0 aliphatic heterocycles. The van der Waals surface area contributed by atoms with E-state index in [1.54, 1.807) is 0 Å². The lowest BCUT2D eigenvalue weighted by Crippen LogP contribution is -2.42. The first-order valence-corrected chi connectivity index (χ1v) is 7.25. The number of rotatable bonds is 4. The van der Waals surface area contributed by atoms with Crippen LogP contribution in [0, 0.1) is 11.3 Å². The molecule has 0 radical (unpaired) electrons. The molecule has 100 valence electrons. The van der Waals surface area contributed by atoms with E-state index in [-0.39, 0.29) is 0 Å². The molecule has 1 atom stereocenters. The van der Waals surface area contributed by atoms with Gasteiger partial charge < -0.3 is 5.32 Å². The van der Waals surface area contributed by atoms with Gasteiger partial charge in [0.25, 0.3) is 0 Å². The fourth-order valence-corrected chi connectivity index (χ4v) is 2.89. The number of hydrogen-bond donors (Lipinski definition) is 1. The van der Waals surface area contributed by atoms with E-state index >= 15 is 0 Å². The van der Waals surface area contributed by atoms with Crippen molar-refractivity contribution in [1.29, 1.82) is 0 Å². The summed E-state index contributed by atoms with van der Waals surface area (Å²) in [5.41, 5.74) is 1.80. The molecule has 1 aromatic rings. The second kappa shape index (κ2) is 5.44. The summed E-state index contributed by atoms with van der Waals surface area (Å²) < 4.78 is 0. The van der Waals surface area contributed by atoms with Gasteiger partial charge in [-0.2, -0.15) is 0 Å². The van der Waals surface area contributed by atoms with Crippen molar-refractivity contribution in [3.8, 4) is 0 Å². The van der Waals surface area contributed by atoms with Crippen LogP contribution in [0.1, 0.15) is 58.6 Å². The van der Waals surface area contributed by atoms with Crippen molar-refractivity contribution >= 4 is 0 Å². The van der Waals surface area contributed by atoms with Crippen molar-refractivity contribution in [1.82, 2.24) is 5.32 Å². The first-order valence-electron chi connectivity index (χ1n) is 7.25. The Morgan fingerprint density at radius 2 is 1.78 bits per heavy atom. The smallest absolute Gasteiger partial charge is 0.0327 e. The lowest BCUT2D eigenvalue weighted by atomic mass is 9.79. The van der Waals surface area contributed by atoms with E-state index in [0.29, 0.717) is 11.5 Å². The Morgan fingerprint density at radius 1 is 1.17 bits per heavy atom. The largest absolute Gasteiger partial charge is 0.307 e. The van der Waals surface area contributed by atoms with Crippen LogP contribution in [0.4, 0.5) is 0 Å². The van der Waals surface area contributed by atoms with Crippen LogP contribution in [-0.4, -0.2) is 6.04 Å². The lowest BCUT2D eigenvalue weighted by molar-refractivity contribution is 0.199. The minimum Gasteiger partial charge on any atom is -0.307 e. The fourth-order valence-electron chi connectivity index (χ4n) is 2.89. The molecule has 18 heavy (non-hydrogen) atoms. The molecule has 1 fully saturated rings. The first-order chi connectivity index (χ1) is 8.44. The third-order valence-corrected chi connectivity index (χ3v) is 3.83. The molecule has 0 heterocycles. The van der Waals surface area contributed by atoms with E-state index in [1.807, 2.05) is 0 Å². The maximum absolute atomic E-state index is 3.86. The zero-order chi connectivity index (χ0) is 13.2. The Labute approximate surface area is 112 Å². The highest BCUT2D eigenvalue weighted by atomic mass is 15.0. The average molecular weight is 245 g/mol. The summed E-state index contributed by atoms with van der Waals surface area (Å²) >= 11 is 0. The van der Waals surface area contributed by atoms with E-state index in [9.17, 15) is 0 Å². The van der Waals surface area contributed by atoms with Gasteiger partial charge in [0.05, 0.1) is 0 Å². The van der Waals surface area contributed by atoms with Crippen LogP contribution < -0.4 is 5.32 Å². The van der Waals surface area contributed by atoms with Crippen LogP contribution in [-0.2, 0) is 0 Å². The van der Waals surface area contributed by atoms with Gasteiger partial charge in [-0.1, -0.05) is 58.0 Å². The van der Waals surface area contributed by atoms with Gasteiger partial charge in [0.15, 0.2) is 0 Å². The summed E-state index contributed by atoms with van der Waals surface area (Å²) in [4.78, 5) is 0. The van der Waals surface area contributed by atoms with E-state index in [4.69, 9.17) is 0 Å². The third-order valence-electron chi connectivity index (χ3n) is 3.83. The standard InChI is InChI=1S/C17H27N/c1-13-10-15(11-13)18-16(12-17(2,3)4)14-8-6-5-7-9-14/h5-9,13,15-16,18H,10-12H2,1-4H3. The van der Waals surface area contributed by atoms with E-state index < -0.39 is 0 Å². The Kier molecular flexibility index (Phi) is 4.11. The van der Waals surface area contributed by atoms with Crippen molar-refractivity contribution in [3.05, 3.63) is 35.9 Å². The molecule has 2 rings (SSSR count). The monoisotopic (exact) mass is 245 g/mol. The second-order valence-electron chi connectivity index (χ2n) is 7.17. The highest BCUT2D eigenvalue weighted by Gasteiger charge is 2.29. The molecular weight excluding hydrogens is 218 g/mol. The summed E-state index contributed by atoms with van der Waals surface area (Å²) in [5, 5.41) is 3.86. The molecule has 1 heteroatoms. The van der Waals surface area contributed by atoms with Crippen LogP contribution in [0.5, 0.6) is 0 Å². The molecule has 0 aromatic heterocycles. The van der Waals surface area contributed by atoms with Crippen LogP contribution >= 0.6 is 0 Å². The summed E-state index contributed by atoms with van der Waals surface area (Å²) in [6.07, 6.45) is 3.88. The van der Waals surface area contributed by atoms with Crippen molar-refractivity contribution < 1.29 is 0 Å². The zero-order valence-electron chi connectivity index (χ0n) is 12.2. The van der Waals surface area contributed by atoms with Gasteiger partial charge in [0.2, 0.25) is 0 Å². The summed E-state index contributed by atoms with van der Waals surface area (Å²) in [6, 6.07) is 12.1. The number of benzene rings is 1.